The first kappa shape index (κ1) is 36.9. The Kier molecular flexibility index (Phi) is 10.4. The Labute approximate surface area is 284 Å². The molecule has 2 amide bonds. The van der Waals surface area contributed by atoms with Crippen molar-refractivity contribution in [2.24, 2.45) is 10.6 Å². The first-order valence-corrected chi connectivity index (χ1v) is 17.1. The molecule has 0 unspecified atom stereocenters. The van der Waals surface area contributed by atoms with E-state index in [0.29, 0.717) is 31.0 Å². The second-order valence-electron chi connectivity index (χ2n) is 13.3. The molecule has 4 heterocycles. The van der Waals surface area contributed by atoms with Crippen LogP contribution in [0.5, 0.6) is 5.75 Å². The number of oxime groups is 1. The molecule has 0 aliphatic carbocycles. The van der Waals surface area contributed by atoms with E-state index in [9.17, 15) is 32.5 Å². The maximum absolute atomic E-state index is 14.3. The van der Waals surface area contributed by atoms with Crippen LogP contribution in [-0.2, 0) is 29.9 Å². The number of pyridine rings is 1. The number of nitrogens with zero attached hydrogens (tertiary/aromatic N) is 3. The lowest BCUT2D eigenvalue weighted by Crippen LogP contribution is -2.52. The SMILES string of the molecule is CC1=NO[C@@]2(CC[C@H](C)N3C[C@H]2n2cc(C(=O)NCc4ccc(F)cc4F)c(=O)c(OCOC(=O)OCC(C)(C)COP(=O)(O)O)c2C3=O)C1. The number of carbonyl (C=O) groups excluding carboxylic acids is 3. The Bertz CT molecular complexity index is 1830. The Morgan fingerprint density at radius 3 is 2.60 bits per heavy atom. The molecular weight excluding hydrogens is 689 g/mol. The van der Waals surface area contributed by atoms with E-state index >= 15 is 0 Å². The minimum Gasteiger partial charge on any atom is -0.451 e. The number of amides is 2. The van der Waals surface area contributed by atoms with Gasteiger partial charge in [0.05, 0.1) is 18.4 Å². The summed E-state index contributed by atoms with van der Waals surface area (Å²) in [5.74, 6) is -3.86. The van der Waals surface area contributed by atoms with Crippen LogP contribution in [0.15, 0.2) is 34.3 Å². The molecule has 3 atom stereocenters. The highest BCUT2D eigenvalue weighted by Crippen LogP contribution is 2.46. The van der Waals surface area contributed by atoms with Gasteiger partial charge >= 0.3 is 14.0 Å². The van der Waals surface area contributed by atoms with Crippen LogP contribution in [0.2, 0.25) is 0 Å². The molecule has 2 aromatic rings. The molecule has 3 N–H and O–H groups in total. The van der Waals surface area contributed by atoms with Gasteiger partial charge in [-0.05, 0) is 32.8 Å². The first-order valence-electron chi connectivity index (χ1n) is 15.6. The number of ether oxygens (including phenoxy) is 3. The highest BCUT2D eigenvalue weighted by atomic mass is 31.2. The summed E-state index contributed by atoms with van der Waals surface area (Å²) in [6.45, 7) is 4.64. The predicted octanol–water partition coefficient (Wildman–Crippen LogP) is 3.40. The third-order valence-electron chi connectivity index (χ3n) is 8.71. The molecule has 50 heavy (non-hydrogen) atoms. The lowest BCUT2D eigenvalue weighted by atomic mass is 9.84. The van der Waals surface area contributed by atoms with Crippen molar-refractivity contribution < 1.29 is 61.1 Å². The summed E-state index contributed by atoms with van der Waals surface area (Å²) >= 11 is 0. The van der Waals surface area contributed by atoms with Gasteiger partial charge in [0.25, 0.3) is 11.8 Å². The van der Waals surface area contributed by atoms with Crippen LogP contribution in [0.25, 0.3) is 0 Å². The quantitative estimate of drug-likeness (QED) is 0.173. The highest BCUT2D eigenvalue weighted by Gasteiger charge is 2.54. The summed E-state index contributed by atoms with van der Waals surface area (Å²) < 4.78 is 60.3. The molecule has 0 saturated carbocycles. The summed E-state index contributed by atoms with van der Waals surface area (Å²) in [5.41, 5.74) is -3.04. The van der Waals surface area contributed by atoms with Crippen molar-refractivity contribution in [3.8, 4) is 5.75 Å². The zero-order valence-corrected chi connectivity index (χ0v) is 28.5. The molecule has 3 aliphatic rings. The second kappa shape index (κ2) is 14.1. The Morgan fingerprint density at radius 1 is 1.20 bits per heavy atom. The van der Waals surface area contributed by atoms with Crippen LogP contribution in [-0.4, -0.2) is 81.1 Å². The molecule has 16 nitrogen and oxygen atoms in total. The first-order chi connectivity index (χ1) is 23.4. The Balaban J connectivity index is 1.44. The normalized spacial score (nSPS) is 21.6. The van der Waals surface area contributed by atoms with Crippen molar-refractivity contribution in [1.29, 1.82) is 0 Å². The highest BCUT2D eigenvalue weighted by molar-refractivity contribution is 7.46. The number of hydrogen-bond acceptors (Lipinski definition) is 11. The number of phosphoric acid groups is 1. The summed E-state index contributed by atoms with van der Waals surface area (Å²) in [4.78, 5) is 79.2. The standard InChI is InChI=1S/C31H37F2N4O12P/c1-17-10-31(49-35-17)8-7-18(2)36-13-23(31)37-12-21(27(39)34-11-19-5-6-20(32)9-22(19)33)25(38)26(24(37)28(36)40)46-16-47-29(41)45-14-30(3,4)15-48-50(42,43)44/h5-6,9,12,18,23H,7-8,10-11,13-16H2,1-4H3,(H,34,39)(H2,42,43,44)/t18-,23+,31-/m0/s1. The van der Waals surface area contributed by atoms with E-state index in [2.05, 4.69) is 15.0 Å². The van der Waals surface area contributed by atoms with Gasteiger partial charge in [0, 0.05) is 48.8 Å². The van der Waals surface area contributed by atoms with Gasteiger partial charge in [-0.25, -0.2) is 18.1 Å². The van der Waals surface area contributed by atoms with Crippen LogP contribution >= 0.6 is 7.82 Å². The van der Waals surface area contributed by atoms with E-state index < -0.39 is 91.2 Å². The second-order valence-corrected chi connectivity index (χ2v) is 14.5. The van der Waals surface area contributed by atoms with Gasteiger partial charge in [-0.3, -0.25) is 18.9 Å². The van der Waals surface area contributed by atoms with E-state index in [1.54, 1.807) is 11.8 Å². The summed E-state index contributed by atoms with van der Waals surface area (Å²) in [5, 5.41) is 6.61. The van der Waals surface area contributed by atoms with Gasteiger partial charge in [0.1, 0.15) is 23.8 Å². The van der Waals surface area contributed by atoms with Crippen molar-refractivity contribution in [3.05, 3.63) is 63.1 Å². The molecule has 3 aliphatic heterocycles. The van der Waals surface area contributed by atoms with Gasteiger partial charge in [-0.15, -0.1) is 0 Å². The number of fused-ring (bicyclic) bond motifs is 5. The van der Waals surface area contributed by atoms with Crippen molar-refractivity contribution in [2.75, 3.05) is 26.6 Å². The number of benzene rings is 1. The fourth-order valence-corrected chi connectivity index (χ4v) is 6.59. The number of halogens is 2. The van der Waals surface area contributed by atoms with Crippen molar-refractivity contribution in [3.63, 3.8) is 0 Å². The Hall–Kier alpha value is -4.38. The molecule has 0 radical (unpaired) electrons. The fourth-order valence-electron chi connectivity index (χ4n) is 6.08. The zero-order valence-electron chi connectivity index (χ0n) is 27.6. The van der Waals surface area contributed by atoms with Crippen molar-refractivity contribution in [2.45, 2.75) is 71.2 Å². The number of aromatic nitrogens is 1. The number of rotatable bonds is 11. The van der Waals surface area contributed by atoms with E-state index in [0.717, 1.165) is 12.1 Å². The van der Waals surface area contributed by atoms with Crippen LogP contribution < -0.4 is 15.5 Å². The maximum atomic E-state index is 14.3. The maximum Gasteiger partial charge on any atom is 0.511 e. The van der Waals surface area contributed by atoms with E-state index in [-0.39, 0.29) is 30.5 Å². The monoisotopic (exact) mass is 726 g/mol. The largest absolute Gasteiger partial charge is 0.511 e. The molecule has 2 bridgehead atoms. The van der Waals surface area contributed by atoms with E-state index in [1.807, 2.05) is 6.92 Å². The summed E-state index contributed by atoms with van der Waals surface area (Å²) in [6, 6.07) is 1.89. The van der Waals surface area contributed by atoms with Gasteiger partial charge in [0.15, 0.2) is 11.3 Å². The van der Waals surface area contributed by atoms with Gasteiger partial charge in [-0.2, -0.15) is 0 Å². The average molecular weight is 727 g/mol. The van der Waals surface area contributed by atoms with E-state index in [4.69, 9.17) is 28.8 Å². The topological polar surface area (TPSA) is 205 Å². The van der Waals surface area contributed by atoms with Crippen LogP contribution in [0, 0.1) is 17.0 Å². The van der Waals surface area contributed by atoms with E-state index in [1.165, 1.54) is 24.6 Å². The molecular formula is C31H37F2N4O12P. The van der Waals surface area contributed by atoms with Crippen LogP contribution in [0.4, 0.5) is 13.6 Å². The number of hydrogen-bond donors (Lipinski definition) is 3. The van der Waals surface area contributed by atoms with Gasteiger partial charge in [0.2, 0.25) is 18.0 Å². The third-order valence-corrected chi connectivity index (χ3v) is 9.17. The fraction of sp³-hybridized carbons (Fsp3) is 0.516. The minimum atomic E-state index is -4.77. The van der Waals surface area contributed by atoms with Crippen molar-refractivity contribution in [1.82, 2.24) is 14.8 Å². The third kappa shape index (κ3) is 7.98. The molecule has 272 valence electrons. The molecule has 1 fully saturated rings. The smallest absolute Gasteiger partial charge is 0.451 e. The molecule has 1 aromatic heterocycles. The number of carbonyl (C=O) groups is 3. The molecule has 1 saturated heterocycles. The predicted molar refractivity (Wildman–Crippen MR) is 168 cm³/mol. The summed E-state index contributed by atoms with van der Waals surface area (Å²) in [7, 11) is -4.77. The zero-order chi connectivity index (χ0) is 36.6. The molecule has 1 spiro atoms. The van der Waals surface area contributed by atoms with Gasteiger partial charge in [-0.1, -0.05) is 25.1 Å². The molecule has 5 rings (SSSR count). The van der Waals surface area contributed by atoms with Crippen molar-refractivity contribution >= 4 is 31.5 Å². The van der Waals surface area contributed by atoms with Gasteiger partial charge < -0.3 is 43.6 Å². The summed E-state index contributed by atoms with van der Waals surface area (Å²) in [6.07, 6.45) is 1.38. The Morgan fingerprint density at radius 2 is 1.94 bits per heavy atom. The molecule has 19 heteroatoms. The van der Waals surface area contributed by atoms with Crippen LogP contribution in [0.1, 0.15) is 79.4 Å². The number of nitrogens with one attached hydrogen (secondary N) is 1. The lowest BCUT2D eigenvalue weighted by molar-refractivity contribution is -0.0658. The lowest BCUT2D eigenvalue weighted by Gasteiger charge is -2.42. The minimum absolute atomic E-state index is 0.0489. The number of phosphoric ester groups is 1. The van der Waals surface area contributed by atoms with Crippen LogP contribution in [0.3, 0.4) is 0 Å². The molecule has 1 aromatic carbocycles. The average Bonchev–Trinajstić information content (AvgIpc) is 3.37.